The zero-order valence-corrected chi connectivity index (χ0v) is 14.0. The topological polar surface area (TPSA) is 31.4 Å². The normalized spacial score (nSPS) is 17.0. The standard InChI is InChI=1S/C17H30N4/c1-14(2)11-19-12-15-5-8-18-13-17(15)21-9-6-16(7-10-21)20(3)4/h5,8,13-14,16,19H,6-7,9-12H2,1-4H3. The predicted molar refractivity (Wildman–Crippen MR) is 89.7 cm³/mol. The second kappa shape index (κ2) is 7.76. The van der Waals surface area contributed by atoms with Crippen LogP contribution in [-0.2, 0) is 6.54 Å². The summed E-state index contributed by atoms with van der Waals surface area (Å²) in [5.74, 6) is 0.686. The molecule has 0 aliphatic carbocycles. The highest BCUT2D eigenvalue weighted by atomic mass is 15.2. The van der Waals surface area contributed by atoms with Crippen molar-refractivity contribution >= 4 is 5.69 Å². The molecule has 4 nitrogen and oxygen atoms in total. The first-order valence-corrected chi connectivity index (χ1v) is 8.13. The zero-order chi connectivity index (χ0) is 15.2. The molecule has 0 aromatic carbocycles. The number of aromatic nitrogens is 1. The molecule has 2 heterocycles. The van der Waals surface area contributed by atoms with E-state index < -0.39 is 0 Å². The Morgan fingerprint density at radius 2 is 2.05 bits per heavy atom. The van der Waals surface area contributed by atoms with Crippen LogP contribution in [0.25, 0.3) is 0 Å². The molecule has 0 spiro atoms. The quantitative estimate of drug-likeness (QED) is 0.871. The molecule has 1 fully saturated rings. The Hall–Kier alpha value is -1.13. The van der Waals surface area contributed by atoms with Gasteiger partial charge < -0.3 is 15.1 Å². The van der Waals surface area contributed by atoms with Crippen LogP contribution in [0.2, 0.25) is 0 Å². The maximum absolute atomic E-state index is 4.34. The van der Waals surface area contributed by atoms with Gasteiger partial charge in [-0.15, -0.1) is 0 Å². The van der Waals surface area contributed by atoms with Crippen LogP contribution in [-0.4, -0.2) is 49.7 Å². The fraction of sp³-hybridized carbons (Fsp3) is 0.706. The van der Waals surface area contributed by atoms with Gasteiger partial charge >= 0.3 is 0 Å². The Kier molecular flexibility index (Phi) is 6.00. The van der Waals surface area contributed by atoms with E-state index in [1.54, 1.807) is 0 Å². The van der Waals surface area contributed by atoms with Gasteiger partial charge in [0.2, 0.25) is 0 Å². The Bertz CT molecular complexity index is 423. The SMILES string of the molecule is CC(C)CNCc1ccncc1N1CCC(N(C)C)CC1. The Labute approximate surface area is 129 Å². The Balaban J connectivity index is 1.97. The minimum absolute atomic E-state index is 0.686. The number of nitrogens with zero attached hydrogens (tertiary/aromatic N) is 3. The van der Waals surface area contributed by atoms with E-state index in [0.29, 0.717) is 5.92 Å². The van der Waals surface area contributed by atoms with Gasteiger partial charge in [0.25, 0.3) is 0 Å². The molecular weight excluding hydrogens is 260 g/mol. The lowest BCUT2D eigenvalue weighted by Gasteiger charge is -2.37. The van der Waals surface area contributed by atoms with Crippen LogP contribution < -0.4 is 10.2 Å². The maximum Gasteiger partial charge on any atom is 0.0598 e. The van der Waals surface area contributed by atoms with Crippen LogP contribution in [0.3, 0.4) is 0 Å². The first kappa shape index (κ1) is 16.2. The number of hydrogen-bond donors (Lipinski definition) is 1. The van der Waals surface area contributed by atoms with Gasteiger partial charge in [-0.1, -0.05) is 13.8 Å². The number of pyridine rings is 1. The first-order chi connectivity index (χ1) is 10.1. The largest absolute Gasteiger partial charge is 0.370 e. The predicted octanol–water partition coefficient (Wildman–Crippen LogP) is 2.36. The second-order valence-corrected chi connectivity index (χ2v) is 6.71. The van der Waals surface area contributed by atoms with Crippen LogP contribution in [0.5, 0.6) is 0 Å². The summed E-state index contributed by atoms with van der Waals surface area (Å²) in [4.78, 5) is 9.19. The van der Waals surface area contributed by atoms with Crippen LogP contribution in [0.15, 0.2) is 18.5 Å². The number of anilines is 1. The average Bonchev–Trinajstić information content (AvgIpc) is 2.47. The first-order valence-electron chi connectivity index (χ1n) is 8.13. The van der Waals surface area contributed by atoms with Gasteiger partial charge in [-0.2, -0.15) is 0 Å². The highest BCUT2D eigenvalue weighted by Gasteiger charge is 2.22. The van der Waals surface area contributed by atoms with Crippen LogP contribution in [0.1, 0.15) is 32.3 Å². The lowest BCUT2D eigenvalue weighted by Crippen LogP contribution is -2.42. The molecule has 0 bridgehead atoms. The molecule has 4 heteroatoms. The van der Waals surface area contributed by atoms with E-state index in [9.17, 15) is 0 Å². The van der Waals surface area contributed by atoms with Crippen molar-refractivity contribution in [1.82, 2.24) is 15.2 Å². The van der Waals surface area contributed by atoms with Gasteiger partial charge in [-0.05, 0) is 51.0 Å². The molecule has 118 valence electrons. The molecule has 1 N–H and O–H groups in total. The fourth-order valence-electron chi connectivity index (χ4n) is 2.97. The lowest BCUT2D eigenvalue weighted by atomic mass is 10.0. The van der Waals surface area contributed by atoms with Crippen molar-refractivity contribution < 1.29 is 0 Å². The van der Waals surface area contributed by atoms with E-state index >= 15 is 0 Å². The summed E-state index contributed by atoms with van der Waals surface area (Å²) in [5.41, 5.74) is 2.68. The average molecular weight is 290 g/mol. The van der Waals surface area contributed by atoms with Crippen molar-refractivity contribution in [3.05, 3.63) is 24.0 Å². The number of piperidine rings is 1. The molecule has 1 aliphatic rings. The Morgan fingerprint density at radius 3 is 2.67 bits per heavy atom. The van der Waals surface area contributed by atoms with Gasteiger partial charge in [0.1, 0.15) is 0 Å². The highest BCUT2D eigenvalue weighted by Crippen LogP contribution is 2.24. The van der Waals surface area contributed by atoms with E-state index in [0.717, 1.165) is 32.2 Å². The molecule has 0 unspecified atom stereocenters. The van der Waals surface area contributed by atoms with E-state index in [1.807, 2.05) is 12.4 Å². The van der Waals surface area contributed by atoms with Crippen molar-refractivity contribution in [2.75, 3.05) is 38.6 Å². The summed E-state index contributed by atoms with van der Waals surface area (Å²) in [6, 6.07) is 2.88. The van der Waals surface area contributed by atoms with Gasteiger partial charge in [-0.25, -0.2) is 0 Å². The summed E-state index contributed by atoms with van der Waals surface area (Å²) in [7, 11) is 4.37. The second-order valence-electron chi connectivity index (χ2n) is 6.71. The summed E-state index contributed by atoms with van der Waals surface area (Å²) >= 11 is 0. The molecule has 0 atom stereocenters. The third-order valence-electron chi connectivity index (χ3n) is 4.29. The number of nitrogens with one attached hydrogen (secondary N) is 1. The number of rotatable bonds is 6. The van der Waals surface area contributed by atoms with Gasteiger partial charge in [0.15, 0.2) is 0 Å². The van der Waals surface area contributed by atoms with Crippen LogP contribution in [0.4, 0.5) is 5.69 Å². The van der Waals surface area contributed by atoms with E-state index in [1.165, 1.54) is 24.1 Å². The van der Waals surface area contributed by atoms with Gasteiger partial charge in [-0.3, -0.25) is 4.98 Å². The smallest absolute Gasteiger partial charge is 0.0598 e. The minimum atomic E-state index is 0.686. The van der Waals surface area contributed by atoms with E-state index in [-0.39, 0.29) is 0 Å². The van der Waals surface area contributed by atoms with E-state index in [4.69, 9.17) is 0 Å². The molecule has 2 rings (SSSR count). The summed E-state index contributed by atoms with van der Waals surface area (Å²) in [6.45, 7) is 8.74. The lowest BCUT2D eigenvalue weighted by molar-refractivity contribution is 0.249. The monoisotopic (exact) mass is 290 g/mol. The molecule has 0 saturated carbocycles. The maximum atomic E-state index is 4.34. The molecule has 1 saturated heterocycles. The van der Waals surface area contributed by atoms with Crippen molar-refractivity contribution in [3.63, 3.8) is 0 Å². The minimum Gasteiger partial charge on any atom is -0.370 e. The van der Waals surface area contributed by atoms with Crippen molar-refractivity contribution in [2.45, 2.75) is 39.3 Å². The van der Waals surface area contributed by atoms with Crippen molar-refractivity contribution in [2.24, 2.45) is 5.92 Å². The summed E-state index contributed by atoms with van der Waals surface area (Å²) in [6.07, 6.45) is 6.41. The third kappa shape index (κ3) is 4.68. The molecule has 0 radical (unpaired) electrons. The molecule has 1 aromatic rings. The molecule has 1 aromatic heterocycles. The van der Waals surface area contributed by atoms with Crippen molar-refractivity contribution in [3.8, 4) is 0 Å². The van der Waals surface area contributed by atoms with Gasteiger partial charge in [0.05, 0.1) is 11.9 Å². The highest BCUT2D eigenvalue weighted by molar-refractivity contribution is 5.52. The van der Waals surface area contributed by atoms with Crippen LogP contribution >= 0.6 is 0 Å². The number of hydrogen-bond acceptors (Lipinski definition) is 4. The summed E-state index contributed by atoms with van der Waals surface area (Å²) < 4.78 is 0. The molecule has 21 heavy (non-hydrogen) atoms. The van der Waals surface area contributed by atoms with Gasteiger partial charge in [0, 0.05) is 31.9 Å². The van der Waals surface area contributed by atoms with Crippen molar-refractivity contribution in [1.29, 1.82) is 0 Å². The Morgan fingerprint density at radius 1 is 1.33 bits per heavy atom. The van der Waals surface area contributed by atoms with Crippen LogP contribution in [0, 0.1) is 5.92 Å². The summed E-state index contributed by atoms with van der Waals surface area (Å²) in [5, 5.41) is 3.54. The molecular formula is C17H30N4. The fourth-order valence-corrected chi connectivity index (χ4v) is 2.97. The van der Waals surface area contributed by atoms with E-state index in [2.05, 4.69) is 54.1 Å². The third-order valence-corrected chi connectivity index (χ3v) is 4.29. The molecule has 0 amide bonds. The molecule has 1 aliphatic heterocycles. The zero-order valence-electron chi connectivity index (χ0n) is 14.0.